The molecule has 1 aliphatic rings. The molecule has 126 valence electrons. The summed E-state index contributed by atoms with van der Waals surface area (Å²) in [5.41, 5.74) is 2.40. The van der Waals surface area contributed by atoms with Crippen molar-refractivity contribution in [2.24, 2.45) is 0 Å². The summed E-state index contributed by atoms with van der Waals surface area (Å²) in [5, 5.41) is 2.93. The Morgan fingerprint density at radius 2 is 1.72 bits per heavy atom. The number of hydrogen-bond acceptors (Lipinski definition) is 2. The minimum atomic E-state index is -0.440. The lowest BCUT2D eigenvalue weighted by atomic mass is 9.94. The Balaban J connectivity index is 1.92. The van der Waals surface area contributed by atoms with Crippen molar-refractivity contribution in [3.8, 4) is 0 Å². The van der Waals surface area contributed by atoms with Crippen LogP contribution < -0.4 is 5.32 Å². The van der Waals surface area contributed by atoms with Gasteiger partial charge in [-0.2, -0.15) is 0 Å². The van der Waals surface area contributed by atoms with Crippen LogP contribution in [-0.2, 0) is 4.79 Å². The van der Waals surface area contributed by atoms with Crippen LogP contribution in [0.2, 0.25) is 0 Å². The van der Waals surface area contributed by atoms with Crippen molar-refractivity contribution in [3.63, 3.8) is 0 Å². The molecule has 1 aliphatic heterocycles. The van der Waals surface area contributed by atoms with Crippen LogP contribution >= 0.6 is 0 Å². The quantitative estimate of drug-likeness (QED) is 0.843. The summed E-state index contributed by atoms with van der Waals surface area (Å²) in [7, 11) is 0. The lowest BCUT2D eigenvalue weighted by Gasteiger charge is -2.31. The minimum Gasteiger partial charge on any atom is -0.327 e. The molecule has 1 heterocycles. The molecule has 0 saturated carbocycles. The van der Waals surface area contributed by atoms with Crippen molar-refractivity contribution in [1.82, 2.24) is 10.2 Å². The molecule has 0 bridgehead atoms. The van der Waals surface area contributed by atoms with Crippen LogP contribution in [0.25, 0.3) is 6.08 Å². The predicted octanol–water partition coefficient (Wildman–Crippen LogP) is 3.94. The fourth-order valence-electron chi connectivity index (χ4n) is 2.77. The van der Waals surface area contributed by atoms with E-state index in [0.29, 0.717) is 12.1 Å². The molecule has 2 aromatic rings. The maximum absolute atomic E-state index is 12.8. The normalized spacial score (nSPS) is 17.3. The summed E-state index contributed by atoms with van der Waals surface area (Å²) in [4.78, 5) is 26.5. The Morgan fingerprint density at radius 3 is 2.36 bits per heavy atom. The minimum absolute atomic E-state index is 0.115. The molecule has 1 unspecified atom stereocenters. The van der Waals surface area contributed by atoms with Crippen LogP contribution in [0.3, 0.4) is 0 Å². The molecular formula is C21H20N2O2. The zero-order chi connectivity index (χ0) is 17.6. The van der Waals surface area contributed by atoms with E-state index < -0.39 is 6.04 Å². The molecule has 0 aromatic heterocycles. The van der Waals surface area contributed by atoms with Gasteiger partial charge in [0.2, 0.25) is 0 Å². The highest BCUT2D eigenvalue weighted by Crippen LogP contribution is 2.27. The second-order valence-corrected chi connectivity index (χ2v) is 5.77. The van der Waals surface area contributed by atoms with Crippen molar-refractivity contribution in [3.05, 3.63) is 89.6 Å². The van der Waals surface area contributed by atoms with Gasteiger partial charge in [-0.05, 0) is 24.1 Å². The van der Waals surface area contributed by atoms with Gasteiger partial charge in [0.25, 0.3) is 0 Å². The number of amides is 2. The number of nitrogens with zero attached hydrogens (tertiary/aromatic N) is 1. The van der Waals surface area contributed by atoms with Gasteiger partial charge in [-0.15, -0.1) is 0 Å². The zero-order valence-electron chi connectivity index (χ0n) is 14.1. The number of allylic oxidation sites excluding steroid dienone is 1. The van der Waals surface area contributed by atoms with E-state index in [9.17, 15) is 9.59 Å². The number of hydrogen-bond donors (Lipinski definition) is 1. The van der Waals surface area contributed by atoms with Crippen LogP contribution in [0.4, 0.5) is 4.79 Å². The first-order chi connectivity index (χ1) is 12.2. The lowest BCUT2D eigenvalue weighted by Crippen LogP contribution is -2.44. The van der Waals surface area contributed by atoms with E-state index in [1.54, 1.807) is 18.4 Å². The highest BCUT2D eigenvalue weighted by Gasteiger charge is 2.29. The number of rotatable bonds is 5. The monoisotopic (exact) mass is 332 g/mol. The largest absolute Gasteiger partial charge is 0.327 e. The van der Waals surface area contributed by atoms with Gasteiger partial charge in [-0.3, -0.25) is 4.79 Å². The molecule has 0 fully saturated rings. The Labute approximate surface area is 147 Å². The fourth-order valence-corrected chi connectivity index (χ4v) is 2.77. The molecule has 2 amide bonds. The van der Waals surface area contributed by atoms with Crippen molar-refractivity contribution < 1.29 is 9.59 Å². The van der Waals surface area contributed by atoms with E-state index in [-0.39, 0.29) is 11.8 Å². The number of nitrogens with one attached hydrogen (secondary N) is 1. The molecule has 2 aromatic carbocycles. The third kappa shape index (κ3) is 3.86. The van der Waals surface area contributed by atoms with Crippen molar-refractivity contribution >= 4 is 17.9 Å². The molecular weight excluding hydrogens is 312 g/mol. The maximum Gasteiger partial charge on any atom is 0.322 e. The van der Waals surface area contributed by atoms with Gasteiger partial charge in [-0.25, -0.2) is 4.79 Å². The first kappa shape index (κ1) is 16.7. The van der Waals surface area contributed by atoms with Gasteiger partial charge < -0.3 is 10.2 Å². The molecule has 4 nitrogen and oxygen atoms in total. The summed E-state index contributed by atoms with van der Waals surface area (Å²) < 4.78 is 0. The van der Waals surface area contributed by atoms with Crippen LogP contribution in [0.15, 0.2) is 78.5 Å². The second-order valence-electron chi connectivity index (χ2n) is 5.77. The molecule has 1 atom stereocenters. The first-order valence-electron chi connectivity index (χ1n) is 8.30. The molecule has 3 rings (SSSR count). The van der Waals surface area contributed by atoms with Gasteiger partial charge in [0, 0.05) is 18.3 Å². The molecule has 0 saturated heterocycles. The van der Waals surface area contributed by atoms with Crippen LogP contribution in [0.5, 0.6) is 0 Å². The number of urea groups is 1. The molecule has 1 N–H and O–H groups in total. The Hall–Kier alpha value is -3.14. The highest BCUT2D eigenvalue weighted by atomic mass is 16.2. The average Bonchev–Trinajstić information content (AvgIpc) is 2.67. The first-order valence-corrected chi connectivity index (χ1v) is 8.30. The Kier molecular flexibility index (Phi) is 5.09. The number of carbonyl (C=O) groups excluding carboxylic acids is 2. The standard InChI is InChI=1S/C21H20N2O2/c1-2-23-15-18(19(24)14-13-16-9-5-3-6-10-16)20(22-21(23)25)17-11-7-4-8-12-17/h3-15,20H,2H2,1H3,(H,22,25). The van der Waals surface area contributed by atoms with E-state index >= 15 is 0 Å². The predicted molar refractivity (Wildman–Crippen MR) is 98.7 cm³/mol. The van der Waals surface area contributed by atoms with Crippen molar-refractivity contribution in [1.29, 1.82) is 0 Å². The van der Waals surface area contributed by atoms with Gasteiger partial charge in [-0.1, -0.05) is 66.7 Å². The average molecular weight is 332 g/mol. The number of benzene rings is 2. The van der Waals surface area contributed by atoms with Gasteiger partial charge in [0.1, 0.15) is 0 Å². The second kappa shape index (κ2) is 7.62. The summed E-state index contributed by atoms with van der Waals surface area (Å²) in [5.74, 6) is -0.115. The molecule has 0 radical (unpaired) electrons. The number of carbonyl (C=O) groups is 2. The van der Waals surface area contributed by atoms with E-state index in [1.165, 1.54) is 4.90 Å². The highest BCUT2D eigenvalue weighted by molar-refractivity contribution is 6.08. The van der Waals surface area contributed by atoms with E-state index in [1.807, 2.05) is 67.6 Å². The van der Waals surface area contributed by atoms with Crippen LogP contribution in [0, 0.1) is 0 Å². The van der Waals surface area contributed by atoms with Crippen LogP contribution in [-0.4, -0.2) is 23.3 Å². The Morgan fingerprint density at radius 1 is 1.08 bits per heavy atom. The number of ketones is 1. The van der Waals surface area contributed by atoms with Crippen molar-refractivity contribution in [2.45, 2.75) is 13.0 Å². The molecule has 0 aliphatic carbocycles. The lowest BCUT2D eigenvalue weighted by molar-refractivity contribution is -0.111. The van der Waals surface area contributed by atoms with E-state index in [2.05, 4.69) is 5.32 Å². The third-order valence-corrected chi connectivity index (χ3v) is 4.12. The maximum atomic E-state index is 12.8. The zero-order valence-corrected chi connectivity index (χ0v) is 14.1. The Bertz CT molecular complexity index is 810. The smallest absolute Gasteiger partial charge is 0.322 e. The summed E-state index contributed by atoms with van der Waals surface area (Å²) in [6.45, 7) is 2.38. The van der Waals surface area contributed by atoms with Gasteiger partial charge in [0.15, 0.2) is 5.78 Å². The van der Waals surface area contributed by atoms with E-state index in [4.69, 9.17) is 0 Å². The third-order valence-electron chi connectivity index (χ3n) is 4.12. The van der Waals surface area contributed by atoms with Gasteiger partial charge >= 0.3 is 6.03 Å². The van der Waals surface area contributed by atoms with E-state index in [0.717, 1.165) is 11.1 Å². The van der Waals surface area contributed by atoms with Crippen molar-refractivity contribution in [2.75, 3.05) is 6.54 Å². The van der Waals surface area contributed by atoms with Gasteiger partial charge in [0.05, 0.1) is 6.04 Å². The fraction of sp³-hybridized carbons (Fsp3) is 0.143. The molecule has 4 heteroatoms. The SMILES string of the molecule is CCN1C=C(C(=O)C=Cc2ccccc2)C(c2ccccc2)NC1=O. The summed E-state index contributed by atoms with van der Waals surface area (Å²) >= 11 is 0. The summed E-state index contributed by atoms with van der Waals surface area (Å²) in [6, 6.07) is 18.6. The molecule has 0 spiro atoms. The molecule has 25 heavy (non-hydrogen) atoms. The summed E-state index contributed by atoms with van der Waals surface area (Å²) in [6.07, 6.45) is 5.01. The topological polar surface area (TPSA) is 49.4 Å². The van der Waals surface area contributed by atoms with Crippen LogP contribution in [0.1, 0.15) is 24.1 Å².